The molecule has 24 heavy (non-hydrogen) atoms. The second kappa shape index (κ2) is 6.23. The van der Waals surface area contributed by atoms with Crippen LogP contribution < -0.4 is 5.56 Å². The Kier molecular flexibility index (Phi) is 4.26. The molecule has 126 valence electrons. The first-order valence-electron chi connectivity index (χ1n) is 8.24. The molecule has 1 fully saturated rings. The Balaban J connectivity index is 1.77. The average Bonchev–Trinajstić information content (AvgIpc) is 2.87. The van der Waals surface area contributed by atoms with Crippen molar-refractivity contribution in [3.8, 4) is 0 Å². The lowest BCUT2D eigenvalue weighted by molar-refractivity contribution is -0.131. The summed E-state index contributed by atoms with van der Waals surface area (Å²) in [5, 5.41) is 4.15. The van der Waals surface area contributed by atoms with Crippen LogP contribution in [0.5, 0.6) is 0 Å². The molecule has 1 atom stereocenters. The first-order valence-corrected chi connectivity index (χ1v) is 8.24. The van der Waals surface area contributed by atoms with Gasteiger partial charge in [0.2, 0.25) is 5.91 Å². The smallest absolute Gasteiger partial charge is 0.267 e. The van der Waals surface area contributed by atoms with Gasteiger partial charge in [-0.3, -0.25) is 9.59 Å². The summed E-state index contributed by atoms with van der Waals surface area (Å²) in [6.45, 7) is 7.55. The molecule has 3 rings (SSSR count). The molecule has 0 N–H and O–H groups in total. The molecular weight excluding hydrogens is 302 g/mol. The summed E-state index contributed by atoms with van der Waals surface area (Å²) in [4.78, 5) is 26.4. The molecule has 0 saturated carbocycles. The molecule has 0 bridgehead atoms. The number of nitrogens with zero attached hydrogens (tertiary/aromatic N) is 3. The molecule has 1 aliphatic rings. The highest BCUT2D eigenvalue weighted by atomic mass is 16.2. The number of carbonyl (C=O) groups excluding carboxylic acids is 1. The van der Waals surface area contributed by atoms with Gasteiger partial charge in [-0.2, -0.15) is 5.10 Å². The number of likely N-dealkylation sites (tertiary alicyclic amines) is 1. The summed E-state index contributed by atoms with van der Waals surface area (Å²) in [5.74, 6) is 0.242. The third-order valence-electron chi connectivity index (χ3n) is 4.78. The van der Waals surface area contributed by atoms with Gasteiger partial charge in [0.1, 0.15) is 6.54 Å². The first kappa shape index (κ1) is 16.4. The number of carbonyl (C=O) groups is 1. The van der Waals surface area contributed by atoms with Crippen molar-refractivity contribution in [2.24, 2.45) is 5.41 Å². The molecule has 0 unspecified atom stereocenters. The predicted octanol–water partition coefficient (Wildman–Crippen LogP) is 2.20. The maximum Gasteiger partial charge on any atom is 0.267 e. The van der Waals surface area contributed by atoms with Gasteiger partial charge in [-0.15, -0.1) is 0 Å². The molecule has 1 saturated heterocycles. The Labute approximate surface area is 141 Å². The summed E-state index contributed by atoms with van der Waals surface area (Å²) in [7, 11) is 0. The minimum atomic E-state index is -0.244. The standard InChI is InChI=1S/C19H23N3O2/c1-14-9-10-17(23)22(20-14)12-18(24)21-11-16(19(2,3)13-21)15-7-5-4-6-8-15/h4-10,16H,11-13H2,1-3H3/t16-/m0/s1. The molecule has 1 amide bonds. The van der Waals surface area contributed by atoms with Gasteiger partial charge in [0.05, 0.1) is 5.69 Å². The van der Waals surface area contributed by atoms with Gasteiger partial charge < -0.3 is 4.90 Å². The van der Waals surface area contributed by atoms with E-state index >= 15 is 0 Å². The van der Waals surface area contributed by atoms with Crippen molar-refractivity contribution in [1.29, 1.82) is 0 Å². The largest absolute Gasteiger partial charge is 0.340 e. The minimum absolute atomic E-state index is 0.00188. The van der Waals surface area contributed by atoms with Gasteiger partial charge in [-0.05, 0) is 24.0 Å². The highest BCUT2D eigenvalue weighted by Gasteiger charge is 2.41. The second-order valence-corrected chi connectivity index (χ2v) is 7.20. The van der Waals surface area contributed by atoms with E-state index in [1.165, 1.54) is 16.3 Å². The molecule has 0 radical (unpaired) electrons. The number of amides is 1. The molecule has 1 aromatic heterocycles. The number of aryl methyl sites for hydroxylation is 1. The Bertz CT molecular complexity index is 796. The topological polar surface area (TPSA) is 55.2 Å². The van der Waals surface area contributed by atoms with Crippen molar-refractivity contribution < 1.29 is 4.79 Å². The van der Waals surface area contributed by atoms with Crippen LogP contribution in [0.25, 0.3) is 0 Å². The van der Waals surface area contributed by atoms with Crippen LogP contribution in [0, 0.1) is 12.3 Å². The molecule has 5 nitrogen and oxygen atoms in total. The van der Waals surface area contributed by atoms with E-state index in [1.54, 1.807) is 6.07 Å². The fourth-order valence-corrected chi connectivity index (χ4v) is 3.46. The minimum Gasteiger partial charge on any atom is -0.340 e. The maximum atomic E-state index is 12.7. The normalized spacial score (nSPS) is 19.5. The van der Waals surface area contributed by atoms with Crippen LogP contribution in [0.1, 0.15) is 31.0 Å². The molecule has 2 aromatic rings. The van der Waals surface area contributed by atoms with Gasteiger partial charge in [-0.25, -0.2) is 4.68 Å². The van der Waals surface area contributed by atoms with Crippen LogP contribution in [-0.2, 0) is 11.3 Å². The lowest BCUT2D eigenvalue weighted by Crippen LogP contribution is -2.36. The van der Waals surface area contributed by atoms with Crippen molar-refractivity contribution in [2.75, 3.05) is 13.1 Å². The van der Waals surface area contributed by atoms with Gasteiger partial charge in [0, 0.05) is 25.1 Å². The van der Waals surface area contributed by atoms with E-state index in [4.69, 9.17) is 0 Å². The van der Waals surface area contributed by atoms with E-state index in [-0.39, 0.29) is 23.4 Å². The van der Waals surface area contributed by atoms with Crippen LogP contribution >= 0.6 is 0 Å². The molecule has 0 aliphatic carbocycles. The molecular formula is C19H23N3O2. The molecule has 5 heteroatoms. The van der Waals surface area contributed by atoms with E-state index in [9.17, 15) is 9.59 Å². The van der Waals surface area contributed by atoms with Crippen LogP contribution in [0.15, 0.2) is 47.3 Å². The summed E-state index contributed by atoms with van der Waals surface area (Å²) in [5.41, 5.74) is 1.74. The van der Waals surface area contributed by atoms with Crippen molar-refractivity contribution in [3.63, 3.8) is 0 Å². The summed E-state index contributed by atoms with van der Waals surface area (Å²) >= 11 is 0. The Morgan fingerprint density at radius 1 is 1.21 bits per heavy atom. The number of rotatable bonds is 3. The lowest BCUT2D eigenvalue weighted by Gasteiger charge is -2.25. The SMILES string of the molecule is Cc1ccc(=O)n(CC(=O)N2C[C@@H](c3ccccc3)C(C)(C)C2)n1. The summed E-state index contributed by atoms with van der Waals surface area (Å²) < 4.78 is 1.25. The second-order valence-electron chi connectivity index (χ2n) is 7.20. The fourth-order valence-electron chi connectivity index (χ4n) is 3.46. The van der Waals surface area contributed by atoms with Gasteiger partial charge in [-0.1, -0.05) is 44.2 Å². The van der Waals surface area contributed by atoms with Crippen molar-refractivity contribution in [1.82, 2.24) is 14.7 Å². The van der Waals surface area contributed by atoms with E-state index in [2.05, 4.69) is 31.1 Å². The molecule has 1 aromatic carbocycles. The van der Waals surface area contributed by atoms with Crippen LogP contribution in [0.2, 0.25) is 0 Å². The zero-order valence-corrected chi connectivity index (χ0v) is 14.4. The third kappa shape index (κ3) is 3.25. The number of hydrogen-bond acceptors (Lipinski definition) is 3. The zero-order chi connectivity index (χ0) is 17.3. The Hall–Kier alpha value is -2.43. The third-order valence-corrected chi connectivity index (χ3v) is 4.78. The lowest BCUT2D eigenvalue weighted by atomic mass is 9.78. The highest BCUT2D eigenvalue weighted by molar-refractivity contribution is 5.76. The van der Waals surface area contributed by atoms with Gasteiger partial charge in [0.15, 0.2) is 0 Å². The predicted molar refractivity (Wildman–Crippen MR) is 92.8 cm³/mol. The fraction of sp³-hybridized carbons (Fsp3) is 0.421. The van der Waals surface area contributed by atoms with Crippen LogP contribution in [0.4, 0.5) is 0 Å². The number of aromatic nitrogens is 2. The average molecular weight is 325 g/mol. The zero-order valence-electron chi connectivity index (χ0n) is 14.4. The maximum absolute atomic E-state index is 12.7. The van der Waals surface area contributed by atoms with E-state index < -0.39 is 0 Å². The van der Waals surface area contributed by atoms with E-state index in [0.717, 1.165) is 5.69 Å². The first-order chi connectivity index (χ1) is 11.4. The van der Waals surface area contributed by atoms with Crippen molar-refractivity contribution >= 4 is 5.91 Å². The molecule has 2 heterocycles. The number of hydrogen-bond donors (Lipinski definition) is 0. The molecule has 0 spiro atoms. The molecule has 1 aliphatic heterocycles. The summed E-state index contributed by atoms with van der Waals surface area (Å²) in [6, 6.07) is 13.4. The van der Waals surface area contributed by atoms with Gasteiger partial charge in [0.25, 0.3) is 5.56 Å². The number of benzene rings is 1. The van der Waals surface area contributed by atoms with Gasteiger partial charge >= 0.3 is 0 Å². The van der Waals surface area contributed by atoms with E-state index in [0.29, 0.717) is 19.0 Å². The van der Waals surface area contributed by atoms with Crippen molar-refractivity contribution in [2.45, 2.75) is 33.2 Å². The van der Waals surface area contributed by atoms with Crippen molar-refractivity contribution in [3.05, 3.63) is 64.1 Å². The Morgan fingerprint density at radius 2 is 1.92 bits per heavy atom. The van der Waals surface area contributed by atoms with Crippen LogP contribution in [0.3, 0.4) is 0 Å². The Morgan fingerprint density at radius 3 is 2.62 bits per heavy atom. The van der Waals surface area contributed by atoms with E-state index in [1.807, 2.05) is 30.0 Å². The van der Waals surface area contributed by atoms with Crippen LogP contribution in [-0.4, -0.2) is 33.7 Å². The monoisotopic (exact) mass is 325 g/mol. The highest BCUT2D eigenvalue weighted by Crippen LogP contribution is 2.42. The summed E-state index contributed by atoms with van der Waals surface area (Å²) in [6.07, 6.45) is 0. The quantitative estimate of drug-likeness (QED) is 0.869.